The summed E-state index contributed by atoms with van der Waals surface area (Å²) in [6.07, 6.45) is 1.78. The molecule has 8 nitrogen and oxygen atoms in total. The van der Waals surface area contributed by atoms with Crippen molar-refractivity contribution in [2.75, 3.05) is 32.7 Å². The van der Waals surface area contributed by atoms with Gasteiger partial charge in [0.15, 0.2) is 16.3 Å². The first-order valence-electron chi connectivity index (χ1n) is 13.8. The van der Waals surface area contributed by atoms with Gasteiger partial charge in [0.25, 0.3) is 5.56 Å². The second-order valence-electron chi connectivity index (χ2n) is 10.2. The lowest BCUT2D eigenvalue weighted by Crippen LogP contribution is -2.39. The summed E-state index contributed by atoms with van der Waals surface area (Å²) in [7, 11) is 5.46. The number of hydrogen-bond acceptors (Lipinski definition) is 8. The first kappa shape index (κ1) is 31.4. The molecule has 4 aromatic rings. The van der Waals surface area contributed by atoms with Gasteiger partial charge in [-0.1, -0.05) is 58.8 Å². The Labute approximate surface area is 269 Å². The molecule has 5 rings (SSSR count). The molecule has 0 bridgehead atoms. The smallest absolute Gasteiger partial charge is 0.338 e. The third kappa shape index (κ3) is 6.40. The highest BCUT2D eigenvalue weighted by Gasteiger charge is 2.33. The first-order valence-corrected chi connectivity index (χ1v) is 15.4. The zero-order valence-corrected chi connectivity index (χ0v) is 27.2. The number of aromatic nitrogens is 1. The standard InChI is InChI=1S/C33H31Cl2N3O5S/c1-6-42-32(40)29-19(2)36-33-38(30(29)22-9-11-23(12-10-22)37(3)4)31(39)28(44-33)17-20-8-14-26(27(16-20)41-5)43-18-21-7-13-24(34)25(35)15-21/h7-17,30H,6,18H2,1-5H3/b28-17-/t30-/m0/s1. The van der Waals surface area contributed by atoms with Gasteiger partial charge < -0.3 is 19.1 Å². The van der Waals surface area contributed by atoms with Crippen LogP contribution in [0.25, 0.3) is 6.08 Å². The van der Waals surface area contributed by atoms with Crippen molar-refractivity contribution in [3.8, 4) is 11.5 Å². The van der Waals surface area contributed by atoms with E-state index in [2.05, 4.69) is 4.99 Å². The van der Waals surface area contributed by atoms with Crippen LogP contribution < -0.4 is 29.3 Å². The number of thiazole rings is 1. The molecule has 1 aliphatic heterocycles. The second kappa shape index (κ2) is 13.3. The fourth-order valence-electron chi connectivity index (χ4n) is 4.90. The molecule has 1 aliphatic rings. The van der Waals surface area contributed by atoms with Crippen LogP contribution in [0, 0.1) is 0 Å². The topological polar surface area (TPSA) is 82.4 Å². The Morgan fingerprint density at radius 2 is 1.80 bits per heavy atom. The highest BCUT2D eigenvalue weighted by atomic mass is 35.5. The van der Waals surface area contributed by atoms with Gasteiger partial charge in [0.05, 0.1) is 45.6 Å². The Bertz CT molecular complexity index is 1930. The number of rotatable bonds is 9. The molecule has 0 spiro atoms. The molecule has 0 N–H and O–H groups in total. The van der Waals surface area contributed by atoms with Crippen LogP contribution in [-0.2, 0) is 16.1 Å². The SMILES string of the molecule is CCOC(=O)C1=C(C)N=c2s/c(=C\c3ccc(OCc4ccc(Cl)c(Cl)c4)c(OC)c3)c(=O)n2[C@H]1c1ccc(N(C)C)cc1. The Morgan fingerprint density at radius 3 is 2.45 bits per heavy atom. The number of fused-ring (bicyclic) bond motifs is 1. The average molecular weight is 653 g/mol. The number of anilines is 1. The number of halogens is 2. The lowest BCUT2D eigenvalue weighted by atomic mass is 9.95. The zero-order chi connectivity index (χ0) is 31.5. The van der Waals surface area contributed by atoms with Crippen molar-refractivity contribution in [2.45, 2.75) is 26.5 Å². The fourth-order valence-corrected chi connectivity index (χ4v) is 6.26. The molecule has 0 saturated carbocycles. The minimum Gasteiger partial charge on any atom is -0.493 e. The molecule has 11 heteroatoms. The first-order chi connectivity index (χ1) is 21.1. The maximum atomic E-state index is 14.0. The summed E-state index contributed by atoms with van der Waals surface area (Å²) in [6.45, 7) is 4.00. The van der Waals surface area contributed by atoms with Crippen molar-refractivity contribution in [3.05, 3.63) is 118 Å². The van der Waals surface area contributed by atoms with Gasteiger partial charge in [-0.05, 0) is 73.0 Å². The molecule has 1 aromatic heterocycles. The monoisotopic (exact) mass is 651 g/mol. The molecule has 3 aromatic carbocycles. The molecule has 0 amide bonds. The minimum absolute atomic E-state index is 0.210. The largest absolute Gasteiger partial charge is 0.493 e. The summed E-state index contributed by atoms with van der Waals surface area (Å²) in [5, 5.41) is 0.928. The highest BCUT2D eigenvalue weighted by molar-refractivity contribution is 7.07. The van der Waals surface area contributed by atoms with E-state index in [1.165, 1.54) is 11.3 Å². The van der Waals surface area contributed by atoms with E-state index in [1.54, 1.807) is 55.9 Å². The second-order valence-corrected chi connectivity index (χ2v) is 12.1. The average Bonchev–Trinajstić information content (AvgIpc) is 3.31. The number of benzene rings is 3. The predicted molar refractivity (Wildman–Crippen MR) is 175 cm³/mol. The normalized spacial score (nSPS) is 14.6. The molecule has 0 radical (unpaired) electrons. The maximum absolute atomic E-state index is 14.0. The summed E-state index contributed by atoms with van der Waals surface area (Å²) in [5.41, 5.74) is 3.97. The molecule has 0 aliphatic carbocycles. The highest BCUT2D eigenvalue weighted by Crippen LogP contribution is 2.32. The maximum Gasteiger partial charge on any atom is 0.338 e. The molecule has 0 saturated heterocycles. The summed E-state index contributed by atoms with van der Waals surface area (Å²) in [5.74, 6) is 0.546. The van der Waals surface area contributed by atoms with Crippen LogP contribution in [0.5, 0.6) is 11.5 Å². The number of methoxy groups -OCH3 is 1. The van der Waals surface area contributed by atoms with E-state index in [9.17, 15) is 9.59 Å². The zero-order valence-electron chi connectivity index (χ0n) is 24.9. The van der Waals surface area contributed by atoms with E-state index >= 15 is 0 Å². The van der Waals surface area contributed by atoms with Gasteiger partial charge in [0.2, 0.25) is 0 Å². The Balaban J connectivity index is 1.53. The van der Waals surface area contributed by atoms with Crippen LogP contribution in [0.4, 0.5) is 5.69 Å². The van der Waals surface area contributed by atoms with E-state index in [1.807, 2.05) is 55.4 Å². The van der Waals surface area contributed by atoms with Crippen LogP contribution >= 0.6 is 34.5 Å². The number of esters is 1. The van der Waals surface area contributed by atoms with E-state index in [-0.39, 0.29) is 18.8 Å². The van der Waals surface area contributed by atoms with Crippen LogP contribution in [0.3, 0.4) is 0 Å². The summed E-state index contributed by atoms with van der Waals surface area (Å²) in [6, 6.07) is 17.8. The number of carbonyl (C=O) groups is 1. The van der Waals surface area contributed by atoms with Crippen molar-refractivity contribution >= 4 is 52.3 Å². The molecule has 1 atom stereocenters. The number of allylic oxidation sites excluding steroid dienone is 1. The van der Waals surface area contributed by atoms with Crippen molar-refractivity contribution < 1.29 is 19.0 Å². The van der Waals surface area contributed by atoms with E-state index < -0.39 is 12.0 Å². The Morgan fingerprint density at radius 1 is 1.05 bits per heavy atom. The lowest BCUT2D eigenvalue weighted by Gasteiger charge is -2.25. The quantitative estimate of drug-likeness (QED) is 0.214. The van der Waals surface area contributed by atoms with Gasteiger partial charge in [-0.2, -0.15) is 0 Å². The molecule has 0 unspecified atom stereocenters. The molecule has 2 heterocycles. The van der Waals surface area contributed by atoms with E-state index in [0.29, 0.717) is 42.1 Å². The van der Waals surface area contributed by atoms with Crippen molar-refractivity contribution in [2.24, 2.45) is 4.99 Å². The van der Waals surface area contributed by atoms with Gasteiger partial charge in [-0.15, -0.1) is 0 Å². The summed E-state index contributed by atoms with van der Waals surface area (Å²) in [4.78, 5) is 34.3. The lowest BCUT2D eigenvalue weighted by molar-refractivity contribution is -0.139. The Hall–Kier alpha value is -4.05. The van der Waals surface area contributed by atoms with Gasteiger partial charge >= 0.3 is 5.97 Å². The molecular formula is C33H31Cl2N3O5S. The number of nitrogens with zero attached hydrogens (tertiary/aromatic N) is 3. The predicted octanol–water partition coefficient (Wildman–Crippen LogP) is 5.76. The van der Waals surface area contributed by atoms with Crippen molar-refractivity contribution in [3.63, 3.8) is 0 Å². The third-order valence-electron chi connectivity index (χ3n) is 7.11. The van der Waals surface area contributed by atoms with Crippen LogP contribution in [-0.4, -0.2) is 38.3 Å². The minimum atomic E-state index is -0.685. The fraction of sp³-hybridized carbons (Fsp3) is 0.242. The van der Waals surface area contributed by atoms with Crippen LogP contribution in [0.2, 0.25) is 10.0 Å². The molecule has 0 fully saturated rings. The number of ether oxygens (including phenoxy) is 3. The molecule has 44 heavy (non-hydrogen) atoms. The summed E-state index contributed by atoms with van der Waals surface area (Å²) < 4.78 is 19.0. The van der Waals surface area contributed by atoms with Crippen molar-refractivity contribution in [1.82, 2.24) is 4.57 Å². The van der Waals surface area contributed by atoms with Crippen LogP contribution in [0.1, 0.15) is 36.6 Å². The summed E-state index contributed by atoms with van der Waals surface area (Å²) >= 11 is 13.4. The Kier molecular flexibility index (Phi) is 9.48. The molecule has 228 valence electrons. The van der Waals surface area contributed by atoms with Gasteiger partial charge in [0, 0.05) is 19.8 Å². The number of carbonyl (C=O) groups excluding carboxylic acids is 1. The number of hydrogen-bond donors (Lipinski definition) is 0. The molecular weight excluding hydrogens is 621 g/mol. The van der Waals surface area contributed by atoms with Gasteiger partial charge in [0.1, 0.15) is 6.61 Å². The van der Waals surface area contributed by atoms with E-state index in [4.69, 9.17) is 37.4 Å². The van der Waals surface area contributed by atoms with E-state index in [0.717, 1.165) is 22.4 Å². The third-order valence-corrected chi connectivity index (χ3v) is 8.83. The van der Waals surface area contributed by atoms with Crippen LogP contribution in [0.15, 0.2) is 81.7 Å². The van der Waals surface area contributed by atoms with Crippen molar-refractivity contribution in [1.29, 1.82) is 0 Å². The van der Waals surface area contributed by atoms with Gasteiger partial charge in [-0.25, -0.2) is 9.79 Å². The van der Waals surface area contributed by atoms with Gasteiger partial charge in [-0.3, -0.25) is 9.36 Å².